The lowest BCUT2D eigenvalue weighted by molar-refractivity contribution is -0.122. The van der Waals surface area contributed by atoms with Crippen molar-refractivity contribution < 1.29 is 14.3 Å². The number of ether oxygens (including phenoxy) is 2. The van der Waals surface area contributed by atoms with E-state index in [4.69, 9.17) is 9.47 Å². The monoisotopic (exact) mass is 351 g/mol. The summed E-state index contributed by atoms with van der Waals surface area (Å²) in [5.41, 5.74) is 2.20. The minimum atomic E-state index is -0.734. The quantitative estimate of drug-likeness (QED) is 0.716. The number of hydrogen-bond acceptors (Lipinski definition) is 4. The van der Waals surface area contributed by atoms with Crippen molar-refractivity contribution in [3.8, 4) is 5.75 Å². The van der Waals surface area contributed by atoms with E-state index in [1.54, 1.807) is 7.11 Å². The molecule has 1 aliphatic rings. The van der Waals surface area contributed by atoms with E-state index in [0.717, 1.165) is 41.8 Å². The SMILES string of the molecule is C=C(CC(C=O)(c1ccccc1)N1CCOCC1)c1ccc(OC)cc1. The zero-order valence-electron chi connectivity index (χ0n) is 15.2. The van der Waals surface area contributed by atoms with Crippen molar-refractivity contribution in [3.05, 3.63) is 72.3 Å². The second-order valence-corrected chi connectivity index (χ2v) is 6.52. The third-order valence-corrected chi connectivity index (χ3v) is 5.03. The first-order valence-electron chi connectivity index (χ1n) is 8.86. The summed E-state index contributed by atoms with van der Waals surface area (Å²) in [6.45, 7) is 7.00. The smallest absolute Gasteiger partial charge is 0.145 e. The minimum Gasteiger partial charge on any atom is -0.497 e. The van der Waals surface area contributed by atoms with E-state index in [2.05, 4.69) is 11.5 Å². The Balaban J connectivity index is 1.94. The molecule has 0 bridgehead atoms. The van der Waals surface area contributed by atoms with Crippen LogP contribution >= 0.6 is 0 Å². The highest BCUT2D eigenvalue weighted by Gasteiger charge is 2.39. The van der Waals surface area contributed by atoms with Crippen LogP contribution in [0.3, 0.4) is 0 Å². The molecule has 4 nitrogen and oxygen atoms in total. The summed E-state index contributed by atoms with van der Waals surface area (Å²) in [7, 11) is 1.65. The van der Waals surface area contributed by atoms with Gasteiger partial charge in [0.2, 0.25) is 0 Å². The van der Waals surface area contributed by atoms with Crippen molar-refractivity contribution >= 4 is 11.9 Å². The van der Waals surface area contributed by atoms with Crippen molar-refractivity contribution in [1.82, 2.24) is 4.90 Å². The maximum absolute atomic E-state index is 12.5. The number of hydrogen-bond donors (Lipinski definition) is 0. The lowest BCUT2D eigenvalue weighted by Gasteiger charge is -2.43. The Morgan fingerprint density at radius 3 is 2.38 bits per heavy atom. The summed E-state index contributed by atoms with van der Waals surface area (Å²) in [5, 5.41) is 0. The molecular weight excluding hydrogens is 326 g/mol. The maximum Gasteiger partial charge on any atom is 0.145 e. The van der Waals surface area contributed by atoms with Gasteiger partial charge < -0.3 is 14.3 Å². The molecule has 1 heterocycles. The van der Waals surface area contributed by atoms with E-state index in [0.29, 0.717) is 19.6 Å². The van der Waals surface area contributed by atoms with Gasteiger partial charge in [-0.2, -0.15) is 0 Å². The highest BCUT2D eigenvalue weighted by atomic mass is 16.5. The fourth-order valence-electron chi connectivity index (χ4n) is 3.52. The lowest BCUT2D eigenvalue weighted by atomic mass is 9.81. The zero-order valence-corrected chi connectivity index (χ0v) is 15.2. The number of nitrogens with zero attached hydrogens (tertiary/aromatic N) is 1. The third-order valence-electron chi connectivity index (χ3n) is 5.03. The predicted molar refractivity (Wildman–Crippen MR) is 103 cm³/mol. The van der Waals surface area contributed by atoms with Crippen LogP contribution in [0.25, 0.3) is 5.57 Å². The first kappa shape index (κ1) is 18.4. The molecule has 1 fully saturated rings. The van der Waals surface area contributed by atoms with Gasteiger partial charge in [-0.1, -0.05) is 49.0 Å². The Hall–Kier alpha value is -2.43. The van der Waals surface area contributed by atoms with Gasteiger partial charge >= 0.3 is 0 Å². The van der Waals surface area contributed by atoms with Gasteiger partial charge in [0, 0.05) is 19.5 Å². The topological polar surface area (TPSA) is 38.8 Å². The number of morpholine rings is 1. The summed E-state index contributed by atoms with van der Waals surface area (Å²) in [4.78, 5) is 14.7. The van der Waals surface area contributed by atoms with Gasteiger partial charge in [0.1, 0.15) is 17.6 Å². The van der Waals surface area contributed by atoms with Crippen LogP contribution in [-0.2, 0) is 15.1 Å². The molecule has 1 atom stereocenters. The van der Waals surface area contributed by atoms with Gasteiger partial charge in [-0.05, 0) is 28.8 Å². The Morgan fingerprint density at radius 1 is 1.15 bits per heavy atom. The normalized spacial score (nSPS) is 17.3. The van der Waals surface area contributed by atoms with Crippen LogP contribution in [0, 0.1) is 0 Å². The number of benzene rings is 2. The largest absolute Gasteiger partial charge is 0.497 e. The second kappa shape index (κ2) is 8.30. The first-order chi connectivity index (χ1) is 12.7. The van der Waals surface area contributed by atoms with Crippen molar-refractivity contribution in [2.75, 3.05) is 33.4 Å². The molecule has 0 N–H and O–H groups in total. The summed E-state index contributed by atoms with van der Waals surface area (Å²) in [6, 6.07) is 17.8. The molecular formula is C22H25NO3. The fourth-order valence-corrected chi connectivity index (χ4v) is 3.52. The number of rotatable bonds is 7. The molecule has 1 saturated heterocycles. The molecule has 1 aliphatic heterocycles. The van der Waals surface area contributed by atoms with Crippen molar-refractivity contribution in [2.24, 2.45) is 0 Å². The molecule has 2 aromatic rings. The molecule has 26 heavy (non-hydrogen) atoms. The van der Waals surface area contributed by atoms with E-state index < -0.39 is 5.54 Å². The number of carbonyl (C=O) groups is 1. The predicted octanol–water partition coefficient (Wildman–Crippen LogP) is 3.53. The van der Waals surface area contributed by atoms with Gasteiger partial charge in [0.05, 0.1) is 20.3 Å². The lowest BCUT2D eigenvalue weighted by Crippen LogP contribution is -2.52. The Kier molecular flexibility index (Phi) is 5.86. The van der Waals surface area contributed by atoms with Gasteiger partial charge in [-0.15, -0.1) is 0 Å². The van der Waals surface area contributed by atoms with E-state index in [1.807, 2.05) is 54.6 Å². The average Bonchev–Trinajstić information content (AvgIpc) is 2.73. The fraction of sp³-hybridized carbons (Fsp3) is 0.318. The number of carbonyl (C=O) groups excluding carboxylic acids is 1. The summed E-state index contributed by atoms with van der Waals surface area (Å²) in [5.74, 6) is 0.805. The second-order valence-electron chi connectivity index (χ2n) is 6.52. The van der Waals surface area contributed by atoms with E-state index in [-0.39, 0.29) is 0 Å². The molecule has 0 aliphatic carbocycles. The molecule has 136 valence electrons. The van der Waals surface area contributed by atoms with Crippen LogP contribution in [0.1, 0.15) is 17.5 Å². The molecule has 1 unspecified atom stereocenters. The van der Waals surface area contributed by atoms with Crippen LogP contribution < -0.4 is 4.74 Å². The maximum atomic E-state index is 12.5. The summed E-state index contributed by atoms with van der Waals surface area (Å²) in [6.07, 6.45) is 1.61. The van der Waals surface area contributed by atoms with Crippen molar-refractivity contribution in [3.63, 3.8) is 0 Å². The molecule has 2 aromatic carbocycles. The molecule has 0 saturated carbocycles. The standard InChI is InChI=1S/C22H25NO3/c1-18(19-8-10-21(25-2)11-9-19)16-22(17-24,20-6-4-3-5-7-20)23-12-14-26-15-13-23/h3-11,17H,1,12-16H2,2H3. The average molecular weight is 351 g/mol. The number of aldehydes is 1. The van der Waals surface area contributed by atoms with Gasteiger partial charge in [0.25, 0.3) is 0 Å². The highest BCUT2D eigenvalue weighted by molar-refractivity contribution is 5.75. The molecule has 0 amide bonds. The molecule has 0 radical (unpaired) electrons. The Bertz CT molecular complexity index is 736. The number of methoxy groups -OCH3 is 1. The molecule has 0 spiro atoms. The van der Waals surface area contributed by atoms with E-state index >= 15 is 0 Å². The zero-order chi connectivity index (χ0) is 18.4. The Morgan fingerprint density at radius 2 is 1.81 bits per heavy atom. The van der Waals surface area contributed by atoms with Gasteiger partial charge in [-0.3, -0.25) is 4.90 Å². The molecule has 3 rings (SSSR count). The van der Waals surface area contributed by atoms with Gasteiger partial charge in [-0.25, -0.2) is 0 Å². The van der Waals surface area contributed by atoms with Crippen molar-refractivity contribution in [2.45, 2.75) is 12.0 Å². The van der Waals surface area contributed by atoms with Crippen LogP contribution in [-0.4, -0.2) is 44.6 Å². The first-order valence-corrected chi connectivity index (χ1v) is 8.86. The van der Waals surface area contributed by atoms with Gasteiger partial charge in [0.15, 0.2) is 0 Å². The van der Waals surface area contributed by atoms with Crippen LogP contribution in [0.5, 0.6) is 5.75 Å². The summed E-state index contributed by atoms with van der Waals surface area (Å²) >= 11 is 0. The highest BCUT2D eigenvalue weighted by Crippen LogP contribution is 2.36. The Labute approximate surface area is 155 Å². The van der Waals surface area contributed by atoms with Crippen LogP contribution in [0.2, 0.25) is 0 Å². The van der Waals surface area contributed by atoms with Crippen molar-refractivity contribution in [1.29, 1.82) is 0 Å². The minimum absolute atomic E-state index is 0.535. The third kappa shape index (κ3) is 3.71. The van der Waals surface area contributed by atoms with Crippen LogP contribution in [0.4, 0.5) is 0 Å². The molecule has 4 heteroatoms. The van der Waals surface area contributed by atoms with Crippen LogP contribution in [0.15, 0.2) is 61.2 Å². The van der Waals surface area contributed by atoms with E-state index in [1.165, 1.54) is 0 Å². The van der Waals surface area contributed by atoms with E-state index in [9.17, 15) is 4.79 Å². The molecule has 0 aromatic heterocycles. The summed E-state index contributed by atoms with van der Waals surface area (Å²) < 4.78 is 10.7.